The van der Waals surface area contributed by atoms with Gasteiger partial charge < -0.3 is 4.74 Å². The second-order valence-corrected chi connectivity index (χ2v) is 5.40. The molecule has 18 heavy (non-hydrogen) atoms. The molecular weight excluding hydrogens is 304 g/mol. The number of nitrogens with zero attached hydrogens (tertiary/aromatic N) is 1. The van der Waals surface area contributed by atoms with Gasteiger partial charge in [0, 0.05) is 16.6 Å². The minimum absolute atomic E-state index is 0.0587. The highest BCUT2D eigenvalue weighted by atomic mass is 79.9. The summed E-state index contributed by atoms with van der Waals surface area (Å²) in [6.07, 6.45) is -0.614. The van der Waals surface area contributed by atoms with Crippen LogP contribution in [0.3, 0.4) is 0 Å². The Bertz CT molecular complexity index is 482. The monoisotopic (exact) mass is 316 g/mol. The van der Waals surface area contributed by atoms with E-state index in [2.05, 4.69) is 21.2 Å². The highest BCUT2D eigenvalue weighted by Gasteiger charge is 2.17. The van der Waals surface area contributed by atoms with Gasteiger partial charge in [0.25, 0.3) is 5.69 Å². The Hall–Kier alpha value is -1.63. The molecule has 0 aliphatic carbocycles. The van der Waals surface area contributed by atoms with Crippen molar-refractivity contribution in [3.63, 3.8) is 0 Å². The Labute approximate surface area is 113 Å². The van der Waals surface area contributed by atoms with E-state index in [0.717, 1.165) is 0 Å². The van der Waals surface area contributed by atoms with Crippen LogP contribution in [0.2, 0.25) is 0 Å². The zero-order valence-electron chi connectivity index (χ0n) is 10.2. The van der Waals surface area contributed by atoms with Crippen molar-refractivity contribution < 1.29 is 14.5 Å². The molecule has 0 fully saturated rings. The molecule has 6 nitrogen and oxygen atoms in total. The summed E-state index contributed by atoms with van der Waals surface area (Å²) >= 11 is 3.15. The maximum atomic E-state index is 11.5. The Balaban J connectivity index is 2.80. The molecule has 7 heteroatoms. The number of halogens is 1. The van der Waals surface area contributed by atoms with Gasteiger partial charge in [-0.1, -0.05) is 0 Å². The summed E-state index contributed by atoms with van der Waals surface area (Å²) < 4.78 is 5.49. The molecular formula is C11H13BrN2O4. The number of amides is 1. The molecule has 1 aromatic rings. The molecule has 0 radical (unpaired) electrons. The number of carbonyl (C=O) groups is 1. The van der Waals surface area contributed by atoms with Crippen LogP contribution in [0.5, 0.6) is 0 Å². The first-order valence-electron chi connectivity index (χ1n) is 5.13. The van der Waals surface area contributed by atoms with Crippen LogP contribution in [-0.2, 0) is 4.74 Å². The van der Waals surface area contributed by atoms with Crippen LogP contribution in [0.4, 0.5) is 16.2 Å². The molecule has 0 atom stereocenters. The molecule has 0 aliphatic heterocycles. The molecule has 1 aromatic carbocycles. The molecule has 1 amide bonds. The first kappa shape index (κ1) is 14.4. The summed E-state index contributed by atoms with van der Waals surface area (Å²) in [5.41, 5.74) is -0.247. The lowest BCUT2D eigenvalue weighted by Gasteiger charge is -2.19. The molecule has 98 valence electrons. The fraction of sp³-hybridized carbons (Fsp3) is 0.364. The average Bonchev–Trinajstić information content (AvgIpc) is 2.17. The number of ether oxygens (including phenoxy) is 1. The van der Waals surface area contributed by atoms with Gasteiger partial charge in [0.2, 0.25) is 0 Å². The van der Waals surface area contributed by atoms with Crippen molar-refractivity contribution in [3.8, 4) is 0 Å². The third-order valence-electron chi connectivity index (χ3n) is 1.80. The van der Waals surface area contributed by atoms with Crippen LogP contribution in [-0.4, -0.2) is 16.6 Å². The maximum absolute atomic E-state index is 11.5. The van der Waals surface area contributed by atoms with Crippen molar-refractivity contribution in [2.45, 2.75) is 26.4 Å². The van der Waals surface area contributed by atoms with Crippen LogP contribution in [0, 0.1) is 10.1 Å². The number of carbonyl (C=O) groups excluding carboxylic acids is 1. The van der Waals surface area contributed by atoms with Gasteiger partial charge in [-0.05, 0) is 42.8 Å². The lowest BCUT2D eigenvalue weighted by Crippen LogP contribution is -2.27. The third-order valence-corrected chi connectivity index (χ3v) is 2.46. The van der Waals surface area contributed by atoms with Gasteiger partial charge in [0.1, 0.15) is 5.60 Å². The lowest BCUT2D eigenvalue weighted by molar-refractivity contribution is -0.384. The van der Waals surface area contributed by atoms with Gasteiger partial charge in [0.15, 0.2) is 0 Å². The van der Waals surface area contributed by atoms with Gasteiger partial charge >= 0.3 is 6.09 Å². The van der Waals surface area contributed by atoms with E-state index in [4.69, 9.17) is 4.74 Å². The van der Waals surface area contributed by atoms with Crippen molar-refractivity contribution in [2.24, 2.45) is 0 Å². The van der Waals surface area contributed by atoms with Gasteiger partial charge in [-0.2, -0.15) is 0 Å². The van der Waals surface area contributed by atoms with Crippen LogP contribution in [0.15, 0.2) is 22.7 Å². The van der Waals surface area contributed by atoms with E-state index < -0.39 is 16.6 Å². The van der Waals surface area contributed by atoms with Crippen LogP contribution in [0.1, 0.15) is 20.8 Å². The number of nitro groups is 1. The average molecular weight is 317 g/mol. The lowest BCUT2D eigenvalue weighted by atomic mass is 10.2. The second-order valence-electron chi connectivity index (χ2n) is 4.55. The number of nitrogens with one attached hydrogen (secondary N) is 1. The van der Waals surface area contributed by atoms with Gasteiger partial charge in [-0.3, -0.25) is 15.4 Å². The molecule has 1 rings (SSSR count). The molecule has 0 aliphatic rings. The summed E-state index contributed by atoms with van der Waals surface area (Å²) in [4.78, 5) is 21.5. The fourth-order valence-corrected chi connectivity index (χ4v) is 1.60. The number of nitro benzene ring substituents is 1. The topological polar surface area (TPSA) is 81.5 Å². The van der Waals surface area contributed by atoms with Gasteiger partial charge in [-0.25, -0.2) is 4.79 Å². The van der Waals surface area contributed by atoms with E-state index in [1.165, 1.54) is 18.2 Å². The minimum Gasteiger partial charge on any atom is -0.444 e. The predicted octanol–water partition coefficient (Wildman–Crippen LogP) is 3.70. The molecule has 0 bridgehead atoms. The van der Waals surface area contributed by atoms with Crippen molar-refractivity contribution in [1.82, 2.24) is 0 Å². The number of benzene rings is 1. The number of anilines is 1. The second kappa shape index (κ2) is 5.34. The third kappa shape index (κ3) is 4.33. The molecule has 0 aromatic heterocycles. The SMILES string of the molecule is CC(C)(C)OC(=O)Nc1ccc([N+](=O)[O-])cc1Br. The number of rotatable bonds is 2. The Morgan fingerprint density at radius 3 is 2.50 bits per heavy atom. The Morgan fingerprint density at radius 2 is 2.06 bits per heavy atom. The minimum atomic E-state index is -0.614. The van der Waals surface area contributed by atoms with Crippen LogP contribution in [0.25, 0.3) is 0 Å². The number of hydrogen-bond donors (Lipinski definition) is 1. The summed E-state index contributed by atoms with van der Waals surface area (Å²) in [7, 11) is 0. The molecule has 0 unspecified atom stereocenters. The quantitative estimate of drug-likeness (QED) is 0.666. The molecule has 0 saturated carbocycles. The number of non-ortho nitro benzene ring substituents is 1. The van der Waals surface area contributed by atoms with E-state index >= 15 is 0 Å². The highest BCUT2D eigenvalue weighted by molar-refractivity contribution is 9.10. The molecule has 1 N–H and O–H groups in total. The van der Waals surface area contributed by atoms with Gasteiger partial charge in [-0.15, -0.1) is 0 Å². The molecule has 0 spiro atoms. The highest BCUT2D eigenvalue weighted by Crippen LogP contribution is 2.27. The van der Waals surface area contributed by atoms with Gasteiger partial charge in [0.05, 0.1) is 10.6 Å². The number of hydrogen-bond acceptors (Lipinski definition) is 4. The van der Waals surface area contributed by atoms with Crippen molar-refractivity contribution in [3.05, 3.63) is 32.8 Å². The Kier molecular flexibility index (Phi) is 4.28. The first-order chi connectivity index (χ1) is 8.19. The van der Waals surface area contributed by atoms with E-state index in [9.17, 15) is 14.9 Å². The smallest absolute Gasteiger partial charge is 0.412 e. The zero-order chi connectivity index (χ0) is 13.9. The van der Waals surface area contributed by atoms with Crippen molar-refractivity contribution in [1.29, 1.82) is 0 Å². The normalized spacial score (nSPS) is 10.9. The van der Waals surface area contributed by atoms with E-state index in [-0.39, 0.29) is 5.69 Å². The van der Waals surface area contributed by atoms with Crippen molar-refractivity contribution >= 4 is 33.4 Å². The van der Waals surface area contributed by atoms with Crippen LogP contribution >= 0.6 is 15.9 Å². The molecule has 0 heterocycles. The van der Waals surface area contributed by atoms with Crippen LogP contribution < -0.4 is 5.32 Å². The molecule has 0 saturated heterocycles. The first-order valence-corrected chi connectivity index (χ1v) is 5.92. The zero-order valence-corrected chi connectivity index (χ0v) is 11.8. The van der Waals surface area contributed by atoms with E-state index in [0.29, 0.717) is 10.2 Å². The summed E-state index contributed by atoms with van der Waals surface area (Å²) in [6.45, 7) is 5.24. The standard InChI is InChI=1S/C11H13BrN2O4/c1-11(2,3)18-10(15)13-9-5-4-7(14(16)17)6-8(9)12/h4-6H,1-3H3,(H,13,15). The Morgan fingerprint density at radius 1 is 1.44 bits per heavy atom. The predicted molar refractivity (Wildman–Crippen MR) is 70.7 cm³/mol. The van der Waals surface area contributed by atoms with E-state index in [1.807, 2.05) is 0 Å². The summed E-state index contributed by atoms with van der Waals surface area (Å²) in [5, 5.41) is 13.0. The maximum Gasteiger partial charge on any atom is 0.412 e. The summed E-state index contributed by atoms with van der Waals surface area (Å²) in [6, 6.07) is 4.05. The fourth-order valence-electron chi connectivity index (χ4n) is 1.13. The summed E-state index contributed by atoms with van der Waals surface area (Å²) in [5.74, 6) is 0. The van der Waals surface area contributed by atoms with Crippen molar-refractivity contribution in [2.75, 3.05) is 5.32 Å². The van der Waals surface area contributed by atoms with E-state index in [1.54, 1.807) is 20.8 Å². The largest absolute Gasteiger partial charge is 0.444 e.